The fourth-order valence-corrected chi connectivity index (χ4v) is 5.71. The fourth-order valence-electron chi connectivity index (χ4n) is 4.57. The molecule has 39 heavy (non-hydrogen) atoms. The van der Waals surface area contributed by atoms with Gasteiger partial charge in [0.1, 0.15) is 17.5 Å². The van der Waals surface area contributed by atoms with Crippen molar-refractivity contribution >= 4 is 29.5 Å². The Balaban J connectivity index is 1.91. The number of ether oxygens (including phenoxy) is 1. The number of nitrogens with one attached hydrogen (secondary N) is 2. The molecule has 0 unspecified atom stereocenters. The molecule has 2 aromatic rings. The monoisotopic (exact) mass is 557 g/mol. The number of thioether (sulfide) groups is 1. The largest absolute Gasteiger partial charge is 0.508 e. The van der Waals surface area contributed by atoms with Crippen LogP contribution < -0.4 is 15.4 Å². The van der Waals surface area contributed by atoms with Gasteiger partial charge < -0.3 is 30.5 Å². The highest BCUT2D eigenvalue weighted by Crippen LogP contribution is 2.40. The summed E-state index contributed by atoms with van der Waals surface area (Å²) < 4.78 is 4.63. The fraction of sp³-hybridized carbons (Fsp3) is 0.483. The number of hydrogen-bond donors (Lipinski definition) is 4. The first-order chi connectivity index (χ1) is 18.1. The number of phenols is 1. The molecule has 0 spiro atoms. The zero-order chi connectivity index (χ0) is 29.1. The van der Waals surface area contributed by atoms with Crippen molar-refractivity contribution in [3.8, 4) is 11.5 Å². The number of carbonyl (C=O) groups is 3. The molecule has 212 valence electrons. The summed E-state index contributed by atoms with van der Waals surface area (Å²) in [4.78, 5) is 41.7. The quantitative estimate of drug-likeness (QED) is 0.393. The second kappa shape index (κ2) is 11.9. The Hall–Kier alpha value is -3.24. The van der Waals surface area contributed by atoms with Crippen LogP contribution in [0, 0.1) is 6.92 Å². The Morgan fingerprint density at radius 1 is 1.15 bits per heavy atom. The van der Waals surface area contributed by atoms with Gasteiger partial charge in [-0.15, -0.1) is 11.8 Å². The third-order valence-electron chi connectivity index (χ3n) is 6.69. The molecule has 3 rings (SSSR count). The third-order valence-corrected chi connectivity index (χ3v) is 8.07. The lowest BCUT2D eigenvalue weighted by Crippen LogP contribution is -2.60. The average molecular weight is 558 g/mol. The molecule has 1 saturated heterocycles. The predicted molar refractivity (Wildman–Crippen MR) is 152 cm³/mol. The van der Waals surface area contributed by atoms with Crippen molar-refractivity contribution in [1.29, 1.82) is 0 Å². The Labute approximate surface area is 234 Å². The van der Waals surface area contributed by atoms with Gasteiger partial charge in [0.2, 0.25) is 5.91 Å². The van der Waals surface area contributed by atoms with Gasteiger partial charge in [-0.25, -0.2) is 0 Å². The van der Waals surface area contributed by atoms with Gasteiger partial charge in [-0.05, 0) is 77.8 Å². The van der Waals surface area contributed by atoms with Crippen LogP contribution in [0.2, 0.25) is 0 Å². The molecule has 2 aromatic carbocycles. The number of benzene rings is 2. The summed E-state index contributed by atoms with van der Waals surface area (Å²) in [7, 11) is 1.56. The highest BCUT2D eigenvalue weighted by Gasteiger charge is 2.50. The third kappa shape index (κ3) is 7.24. The van der Waals surface area contributed by atoms with Crippen LogP contribution in [0.5, 0.6) is 11.5 Å². The Bertz CT molecular complexity index is 1210. The van der Waals surface area contributed by atoms with Gasteiger partial charge in [0.25, 0.3) is 11.8 Å². The van der Waals surface area contributed by atoms with Crippen molar-refractivity contribution in [2.24, 2.45) is 0 Å². The number of nitrogens with zero attached hydrogens (tertiary/aromatic N) is 1. The summed E-state index contributed by atoms with van der Waals surface area (Å²) in [6.45, 7) is 11.0. The summed E-state index contributed by atoms with van der Waals surface area (Å²) in [5, 5.41) is 27.2. The SMILES string of the molecule is COc1ccc(C[C@H](NC(=O)c2cccc(O)c2C)[C@H](O)C(=O)N2CSC(C)(C)[C@H]2C(=O)NC(C)(C)C)cc1. The van der Waals surface area contributed by atoms with E-state index in [1.807, 2.05) is 34.6 Å². The van der Waals surface area contributed by atoms with Gasteiger partial charge in [0, 0.05) is 21.4 Å². The lowest BCUT2D eigenvalue weighted by Gasteiger charge is -2.35. The first-order valence-electron chi connectivity index (χ1n) is 12.8. The van der Waals surface area contributed by atoms with Crippen LogP contribution in [0.3, 0.4) is 0 Å². The minimum Gasteiger partial charge on any atom is -0.508 e. The topological polar surface area (TPSA) is 128 Å². The normalized spacial score (nSPS) is 18.3. The average Bonchev–Trinajstić information content (AvgIpc) is 3.18. The number of methoxy groups -OCH3 is 1. The van der Waals surface area contributed by atoms with Crippen molar-refractivity contribution in [3.63, 3.8) is 0 Å². The van der Waals surface area contributed by atoms with Crippen LogP contribution >= 0.6 is 11.8 Å². The van der Waals surface area contributed by atoms with E-state index in [4.69, 9.17) is 4.74 Å². The molecule has 1 fully saturated rings. The van der Waals surface area contributed by atoms with Crippen LogP contribution in [-0.2, 0) is 16.0 Å². The number of phenolic OH excluding ortho intramolecular Hbond substituents is 1. The van der Waals surface area contributed by atoms with E-state index in [0.29, 0.717) is 11.3 Å². The van der Waals surface area contributed by atoms with E-state index in [2.05, 4.69) is 10.6 Å². The lowest BCUT2D eigenvalue weighted by molar-refractivity contribution is -0.147. The van der Waals surface area contributed by atoms with E-state index in [0.717, 1.165) is 5.56 Å². The van der Waals surface area contributed by atoms with Crippen molar-refractivity contribution in [3.05, 3.63) is 59.2 Å². The number of aliphatic hydroxyl groups is 1. The molecule has 0 aliphatic carbocycles. The Kier molecular flexibility index (Phi) is 9.23. The molecule has 3 atom stereocenters. The molecule has 3 amide bonds. The number of carbonyl (C=O) groups excluding carboxylic acids is 3. The summed E-state index contributed by atoms with van der Waals surface area (Å²) in [6.07, 6.45) is -1.49. The maximum Gasteiger partial charge on any atom is 0.254 e. The van der Waals surface area contributed by atoms with Gasteiger partial charge in [0.05, 0.1) is 19.0 Å². The Morgan fingerprint density at radius 3 is 2.38 bits per heavy atom. The van der Waals surface area contributed by atoms with Crippen LogP contribution in [0.4, 0.5) is 0 Å². The van der Waals surface area contributed by atoms with Gasteiger partial charge in [0.15, 0.2) is 6.10 Å². The summed E-state index contributed by atoms with van der Waals surface area (Å²) in [5.74, 6) is -0.643. The summed E-state index contributed by atoms with van der Waals surface area (Å²) >= 11 is 1.45. The zero-order valence-electron chi connectivity index (χ0n) is 23.6. The lowest BCUT2D eigenvalue weighted by atomic mass is 9.96. The van der Waals surface area contributed by atoms with E-state index in [1.165, 1.54) is 22.7 Å². The first-order valence-corrected chi connectivity index (χ1v) is 13.8. The van der Waals surface area contributed by atoms with E-state index < -0.39 is 40.3 Å². The molecule has 10 heteroatoms. The van der Waals surface area contributed by atoms with Gasteiger partial charge in [-0.1, -0.05) is 18.2 Å². The number of aromatic hydroxyl groups is 1. The smallest absolute Gasteiger partial charge is 0.254 e. The molecule has 0 saturated carbocycles. The molecule has 1 aliphatic heterocycles. The van der Waals surface area contributed by atoms with E-state index in [1.54, 1.807) is 50.4 Å². The number of rotatable bonds is 8. The maximum atomic E-state index is 13.8. The van der Waals surface area contributed by atoms with Gasteiger partial charge in [-0.3, -0.25) is 14.4 Å². The van der Waals surface area contributed by atoms with Crippen LogP contribution in [0.1, 0.15) is 56.1 Å². The first kappa shape index (κ1) is 30.3. The maximum absolute atomic E-state index is 13.8. The molecule has 0 aromatic heterocycles. The number of aliphatic hydroxyl groups excluding tert-OH is 1. The predicted octanol–water partition coefficient (Wildman–Crippen LogP) is 3.01. The van der Waals surface area contributed by atoms with E-state index in [-0.39, 0.29) is 29.5 Å². The molecule has 0 bridgehead atoms. The molecule has 0 radical (unpaired) electrons. The van der Waals surface area contributed by atoms with Crippen LogP contribution in [-0.4, -0.2) is 74.3 Å². The van der Waals surface area contributed by atoms with Crippen LogP contribution in [0.15, 0.2) is 42.5 Å². The minimum atomic E-state index is -1.63. The highest BCUT2D eigenvalue weighted by molar-refractivity contribution is 8.00. The summed E-state index contributed by atoms with van der Waals surface area (Å²) in [6, 6.07) is 9.88. The minimum absolute atomic E-state index is 0.0324. The second-order valence-electron chi connectivity index (χ2n) is 11.4. The van der Waals surface area contributed by atoms with Crippen molar-refractivity contribution in [2.75, 3.05) is 13.0 Å². The number of amides is 3. The second-order valence-corrected chi connectivity index (χ2v) is 13.0. The molecule has 9 nitrogen and oxygen atoms in total. The molecular formula is C29H39N3O6S. The van der Waals surface area contributed by atoms with E-state index >= 15 is 0 Å². The molecule has 4 N–H and O–H groups in total. The molecular weight excluding hydrogens is 518 g/mol. The summed E-state index contributed by atoms with van der Waals surface area (Å²) in [5.41, 5.74) is 0.876. The zero-order valence-corrected chi connectivity index (χ0v) is 24.4. The van der Waals surface area contributed by atoms with Crippen molar-refractivity contribution in [1.82, 2.24) is 15.5 Å². The Morgan fingerprint density at radius 2 is 1.79 bits per heavy atom. The number of hydrogen-bond acceptors (Lipinski definition) is 7. The standard InChI is InChI=1S/C29H39N3O6S/c1-17-20(9-8-10-22(17)33)25(35)30-21(15-18-11-13-19(38-7)14-12-18)23(34)27(37)32-16-39-29(5,6)24(32)26(36)31-28(2,3)4/h8-14,21,23-24,33-34H,15-16H2,1-7H3,(H,30,35)(H,31,36)/t21-,23-,24+/m0/s1. The molecule has 1 aliphatic rings. The van der Waals surface area contributed by atoms with Gasteiger partial charge >= 0.3 is 0 Å². The van der Waals surface area contributed by atoms with Crippen LogP contribution in [0.25, 0.3) is 0 Å². The molecule has 1 heterocycles. The van der Waals surface area contributed by atoms with Gasteiger partial charge in [-0.2, -0.15) is 0 Å². The van der Waals surface area contributed by atoms with E-state index in [9.17, 15) is 24.6 Å². The van der Waals surface area contributed by atoms with Crippen molar-refractivity contribution in [2.45, 2.75) is 76.4 Å². The highest BCUT2D eigenvalue weighted by atomic mass is 32.2. The van der Waals surface area contributed by atoms with Crippen molar-refractivity contribution < 1.29 is 29.3 Å².